The van der Waals surface area contributed by atoms with Crippen molar-refractivity contribution in [3.8, 4) is 0 Å². The summed E-state index contributed by atoms with van der Waals surface area (Å²) in [6, 6.07) is 8.11. The van der Waals surface area contributed by atoms with Crippen molar-refractivity contribution in [3.05, 3.63) is 64.9 Å². The molecule has 1 aromatic heterocycles. The molecule has 0 aliphatic heterocycles. The summed E-state index contributed by atoms with van der Waals surface area (Å²) in [6.45, 7) is 5.27. The van der Waals surface area contributed by atoms with Crippen molar-refractivity contribution in [2.75, 3.05) is 6.54 Å². The van der Waals surface area contributed by atoms with E-state index in [2.05, 4.69) is 5.32 Å². The van der Waals surface area contributed by atoms with Crippen molar-refractivity contribution in [3.63, 3.8) is 0 Å². The second-order valence-corrected chi connectivity index (χ2v) is 6.01. The highest BCUT2D eigenvalue weighted by atomic mass is 19.1. The Hall–Kier alpha value is -2.40. The molecule has 0 aliphatic rings. The van der Waals surface area contributed by atoms with E-state index < -0.39 is 5.60 Å². The summed E-state index contributed by atoms with van der Waals surface area (Å²) in [6.07, 6.45) is 3.26. The molecule has 1 atom stereocenters. The molecule has 128 valence electrons. The first kappa shape index (κ1) is 17.9. The monoisotopic (exact) mass is 331 g/mol. The lowest BCUT2D eigenvalue weighted by molar-refractivity contribution is -0.121. The fraction of sp³-hybridized carbons (Fsp3) is 0.316. The Morgan fingerprint density at radius 2 is 2.08 bits per heavy atom. The predicted octanol–water partition coefficient (Wildman–Crippen LogP) is 3.46. The number of rotatable bonds is 6. The van der Waals surface area contributed by atoms with E-state index in [1.165, 1.54) is 6.07 Å². The molecule has 5 heteroatoms. The highest BCUT2D eigenvalue weighted by molar-refractivity contribution is 5.78. The van der Waals surface area contributed by atoms with Crippen molar-refractivity contribution >= 4 is 12.0 Å². The fourth-order valence-electron chi connectivity index (χ4n) is 2.51. The van der Waals surface area contributed by atoms with Crippen LogP contribution in [0, 0.1) is 19.7 Å². The number of carbonyl (C=O) groups excluding carboxylic acids is 1. The van der Waals surface area contributed by atoms with Gasteiger partial charge >= 0.3 is 0 Å². The third-order valence-electron chi connectivity index (χ3n) is 3.76. The third kappa shape index (κ3) is 4.55. The lowest BCUT2D eigenvalue weighted by Gasteiger charge is -2.23. The van der Waals surface area contributed by atoms with Crippen LogP contribution >= 0.6 is 0 Å². The van der Waals surface area contributed by atoms with Gasteiger partial charge in [0.25, 0.3) is 0 Å². The zero-order valence-corrected chi connectivity index (χ0v) is 14.1. The summed E-state index contributed by atoms with van der Waals surface area (Å²) in [5.74, 6) is 0.761. The van der Waals surface area contributed by atoms with Gasteiger partial charge in [-0.05, 0) is 32.9 Å². The molecule has 1 aromatic carbocycles. The van der Waals surface area contributed by atoms with Gasteiger partial charge in [0.15, 0.2) is 0 Å². The summed E-state index contributed by atoms with van der Waals surface area (Å²) in [4.78, 5) is 11.9. The minimum atomic E-state index is -1.22. The number of furan rings is 1. The molecule has 2 rings (SSSR count). The van der Waals surface area contributed by atoms with Crippen LogP contribution in [0.5, 0.6) is 0 Å². The molecule has 0 bridgehead atoms. The van der Waals surface area contributed by atoms with E-state index in [9.17, 15) is 14.3 Å². The molecular weight excluding hydrogens is 309 g/mol. The topological polar surface area (TPSA) is 62.5 Å². The molecule has 1 amide bonds. The van der Waals surface area contributed by atoms with Crippen LogP contribution in [0.15, 0.2) is 40.8 Å². The Bertz CT molecular complexity index is 747. The van der Waals surface area contributed by atoms with Crippen LogP contribution in [-0.4, -0.2) is 17.6 Å². The molecule has 0 fully saturated rings. The number of aliphatic hydroxyl groups is 1. The van der Waals surface area contributed by atoms with Gasteiger partial charge in [0, 0.05) is 17.5 Å². The van der Waals surface area contributed by atoms with E-state index in [0.717, 1.165) is 0 Å². The number of aryl methyl sites for hydroxylation is 2. The second kappa shape index (κ2) is 7.45. The van der Waals surface area contributed by atoms with Gasteiger partial charge in [-0.25, -0.2) is 4.39 Å². The minimum absolute atomic E-state index is 0.0686. The van der Waals surface area contributed by atoms with Crippen LogP contribution in [0.1, 0.15) is 36.0 Å². The first-order chi connectivity index (χ1) is 11.3. The number of halogens is 1. The Labute approximate surface area is 141 Å². The van der Waals surface area contributed by atoms with Crippen molar-refractivity contribution < 1.29 is 18.7 Å². The summed E-state index contributed by atoms with van der Waals surface area (Å²) >= 11 is 0. The van der Waals surface area contributed by atoms with Gasteiger partial charge in [-0.2, -0.15) is 0 Å². The maximum atomic E-state index is 13.5. The molecule has 1 heterocycles. The lowest BCUT2D eigenvalue weighted by Crippen LogP contribution is -2.38. The standard InChI is InChI=1S/C19H22FNO3/c1-13-11-16(14(2)24-13)19(3,23)12-21-18(22)10-6-8-15-7-4-5-9-17(15)20/h4-9,11,23H,10,12H2,1-3H3,(H,21,22). The van der Waals surface area contributed by atoms with Crippen LogP contribution in [0.4, 0.5) is 4.39 Å². The normalized spacial score (nSPS) is 13.9. The van der Waals surface area contributed by atoms with Crippen molar-refractivity contribution in [1.29, 1.82) is 0 Å². The average Bonchev–Trinajstić information content (AvgIpc) is 2.87. The first-order valence-corrected chi connectivity index (χ1v) is 7.77. The van der Waals surface area contributed by atoms with Gasteiger partial charge in [-0.3, -0.25) is 4.79 Å². The zero-order valence-electron chi connectivity index (χ0n) is 14.1. The molecular formula is C19H22FNO3. The van der Waals surface area contributed by atoms with Gasteiger partial charge in [0.2, 0.25) is 5.91 Å². The molecule has 2 aromatic rings. The lowest BCUT2D eigenvalue weighted by atomic mass is 9.96. The molecule has 0 saturated carbocycles. The summed E-state index contributed by atoms with van der Waals surface area (Å²) in [7, 11) is 0. The quantitative estimate of drug-likeness (QED) is 0.852. The minimum Gasteiger partial charge on any atom is -0.466 e. The molecule has 2 N–H and O–H groups in total. The summed E-state index contributed by atoms with van der Waals surface area (Å²) in [5, 5.41) is 13.2. The Balaban J connectivity index is 1.89. The molecule has 0 spiro atoms. The molecule has 4 nitrogen and oxygen atoms in total. The molecule has 0 radical (unpaired) electrons. The van der Waals surface area contributed by atoms with Crippen LogP contribution in [0.2, 0.25) is 0 Å². The summed E-state index contributed by atoms with van der Waals surface area (Å²) in [5.41, 5.74) is -0.128. The number of hydrogen-bond acceptors (Lipinski definition) is 3. The highest BCUT2D eigenvalue weighted by Crippen LogP contribution is 2.26. The number of amides is 1. The van der Waals surface area contributed by atoms with Crippen LogP contribution in [0.25, 0.3) is 6.08 Å². The molecule has 0 saturated heterocycles. The van der Waals surface area contributed by atoms with E-state index >= 15 is 0 Å². The molecule has 1 unspecified atom stereocenters. The van der Waals surface area contributed by atoms with Gasteiger partial charge in [0.05, 0.1) is 6.54 Å². The predicted molar refractivity (Wildman–Crippen MR) is 90.8 cm³/mol. The Morgan fingerprint density at radius 1 is 1.38 bits per heavy atom. The Kier molecular flexibility index (Phi) is 5.57. The second-order valence-electron chi connectivity index (χ2n) is 6.01. The van der Waals surface area contributed by atoms with Gasteiger partial charge in [-0.1, -0.05) is 30.4 Å². The first-order valence-electron chi connectivity index (χ1n) is 7.77. The van der Waals surface area contributed by atoms with Gasteiger partial charge < -0.3 is 14.8 Å². The zero-order chi connectivity index (χ0) is 17.7. The van der Waals surface area contributed by atoms with E-state index in [4.69, 9.17) is 4.42 Å². The van der Waals surface area contributed by atoms with Crippen LogP contribution < -0.4 is 5.32 Å². The number of benzene rings is 1. The van der Waals surface area contributed by atoms with Crippen molar-refractivity contribution in [1.82, 2.24) is 5.32 Å². The van der Waals surface area contributed by atoms with Crippen molar-refractivity contribution in [2.45, 2.75) is 32.8 Å². The maximum Gasteiger partial charge on any atom is 0.223 e. The van der Waals surface area contributed by atoms with E-state index in [0.29, 0.717) is 22.6 Å². The van der Waals surface area contributed by atoms with Crippen LogP contribution in [0.3, 0.4) is 0 Å². The SMILES string of the molecule is Cc1cc(C(C)(O)CNC(=O)CC=Cc2ccccc2F)c(C)o1. The maximum absolute atomic E-state index is 13.5. The fourth-order valence-corrected chi connectivity index (χ4v) is 2.51. The smallest absolute Gasteiger partial charge is 0.223 e. The van der Waals surface area contributed by atoms with E-state index in [1.54, 1.807) is 57.2 Å². The Morgan fingerprint density at radius 3 is 2.71 bits per heavy atom. The third-order valence-corrected chi connectivity index (χ3v) is 3.76. The summed E-state index contributed by atoms with van der Waals surface area (Å²) < 4.78 is 18.9. The van der Waals surface area contributed by atoms with Crippen molar-refractivity contribution in [2.24, 2.45) is 0 Å². The largest absolute Gasteiger partial charge is 0.466 e. The number of hydrogen-bond donors (Lipinski definition) is 2. The van der Waals surface area contributed by atoms with E-state index in [1.807, 2.05) is 0 Å². The molecule has 0 aliphatic carbocycles. The van der Waals surface area contributed by atoms with Gasteiger partial charge in [-0.15, -0.1) is 0 Å². The van der Waals surface area contributed by atoms with Gasteiger partial charge in [0.1, 0.15) is 22.9 Å². The molecule has 24 heavy (non-hydrogen) atoms. The number of nitrogens with one attached hydrogen (secondary N) is 1. The average molecular weight is 331 g/mol. The highest BCUT2D eigenvalue weighted by Gasteiger charge is 2.27. The van der Waals surface area contributed by atoms with Crippen LogP contribution in [-0.2, 0) is 10.4 Å². The number of carbonyl (C=O) groups is 1. The van der Waals surface area contributed by atoms with E-state index in [-0.39, 0.29) is 24.7 Å².